The summed E-state index contributed by atoms with van der Waals surface area (Å²) in [4.78, 5) is 19.2. The summed E-state index contributed by atoms with van der Waals surface area (Å²) in [5, 5.41) is 5.06. The van der Waals surface area contributed by atoms with Gasteiger partial charge in [0.15, 0.2) is 15.7 Å². The number of carbonyl (C=O) groups excluding carboxylic acids is 1. The Bertz CT molecular complexity index is 502. The van der Waals surface area contributed by atoms with Crippen LogP contribution in [0.4, 0.5) is 10.6 Å². The molecule has 1 aliphatic heterocycles. The zero-order valence-corrected chi connectivity index (χ0v) is 9.77. The van der Waals surface area contributed by atoms with Gasteiger partial charge in [0.05, 0.1) is 17.7 Å². The molecular formula is C9H12N4O3S. The first-order valence-corrected chi connectivity index (χ1v) is 6.91. The lowest BCUT2D eigenvalue weighted by Gasteiger charge is -2.11. The molecule has 1 unspecified atom stereocenters. The lowest BCUT2D eigenvalue weighted by atomic mass is 10.3. The van der Waals surface area contributed by atoms with Gasteiger partial charge in [-0.25, -0.2) is 18.2 Å². The van der Waals surface area contributed by atoms with Crippen molar-refractivity contribution in [1.82, 2.24) is 15.3 Å². The number of hydrogen-bond donors (Lipinski definition) is 2. The fourth-order valence-electron chi connectivity index (χ4n) is 1.61. The lowest BCUT2D eigenvalue weighted by molar-refractivity contribution is 0.249. The van der Waals surface area contributed by atoms with Gasteiger partial charge in [-0.05, 0) is 6.42 Å². The van der Waals surface area contributed by atoms with E-state index in [-0.39, 0.29) is 17.5 Å². The van der Waals surface area contributed by atoms with Crippen LogP contribution in [0.5, 0.6) is 0 Å². The fourth-order valence-corrected chi connectivity index (χ4v) is 3.28. The van der Waals surface area contributed by atoms with Crippen molar-refractivity contribution in [1.29, 1.82) is 0 Å². The lowest BCUT2D eigenvalue weighted by Crippen LogP contribution is -2.38. The number of sulfone groups is 1. The molecule has 17 heavy (non-hydrogen) atoms. The number of nitrogens with zero attached hydrogens (tertiary/aromatic N) is 2. The van der Waals surface area contributed by atoms with E-state index in [1.165, 1.54) is 18.6 Å². The topological polar surface area (TPSA) is 101 Å². The Kier molecular flexibility index (Phi) is 3.23. The van der Waals surface area contributed by atoms with Crippen LogP contribution >= 0.6 is 0 Å². The molecule has 0 aromatic carbocycles. The van der Waals surface area contributed by atoms with Crippen LogP contribution in [0.1, 0.15) is 6.42 Å². The molecule has 0 bridgehead atoms. The van der Waals surface area contributed by atoms with E-state index >= 15 is 0 Å². The van der Waals surface area contributed by atoms with Gasteiger partial charge in [-0.15, -0.1) is 0 Å². The van der Waals surface area contributed by atoms with Crippen LogP contribution in [-0.2, 0) is 9.84 Å². The van der Waals surface area contributed by atoms with Crippen molar-refractivity contribution in [3.8, 4) is 0 Å². The molecule has 2 amide bonds. The van der Waals surface area contributed by atoms with Gasteiger partial charge < -0.3 is 5.32 Å². The highest BCUT2D eigenvalue weighted by Gasteiger charge is 2.28. The number of hydrogen-bond acceptors (Lipinski definition) is 5. The molecule has 2 N–H and O–H groups in total. The molecule has 92 valence electrons. The van der Waals surface area contributed by atoms with Crippen LogP contribution in [0, 0.1) is 0 Å². The molecule has 1 aromatic rings. The maximum absolute atomic E-state index is 11.5. The van der Waals surface area contributed by atoms with E-state index in [1.54, 1.807) is 0 Å². The second-order valence-electron chi connectivity index (χ2n) is 3.79. The smallest absolute Gasteiger partial charge is 0.320 e. The molecule has 7 nitrogen and oxygen atoms in total. The molecule has 0 radical (unpaired) electrons. The zero-order chi connectivity index (χ0) is 12.3. The Hall–Kier alpha value is -1.70. The molecule has 1 atom stereocenters. The average molecular weight is 256 g/mol. The maximum atomic E-state index is 11.5. The van der Waals surface area contributed by atoms with Crippen LogP contribution in [-0.4, -0.2) is 42.0 Å². The number of rotatable bonds is 2. The normalized spacial score (nSPS) is 22.0. The zero-order valence-electron chi connectivity index (χ0n) is 8.96. The Labute approximate surface area is 98.6 Å². The first-order chi connectivity index (χ1) is 8.05. The van der Waals surface area contributed by atoms with Crippen LogP contribution in [0.3, 0.4) is 0 Å². The Morgan fingerprint density at radius 1 is 1.41 bits per heavy atom. The molecule has 1 saturated heterocycles. The fraction of sp³-hybridized carbons (Fsp3) is 0.444. The summed E-state index contributed by atoms with van der Waals surface area (Å²) < 4.78 is 22.4. The summed E-state index contributed by atoms with van der Waals surface area (Å²) in [5.41, 5.74) is 0. The number of carbonyl (C=O) groups is 1. The highest BCUT2D eigenvalue weighted by molar-refractivity contribution is 7.91. The van der Waals surface area contributed by atoms with Crippen molar-refractivity contribution in [3.05, 3.63) is 18.6 Å². The van der Waals surface area contributed by atoms with Gasteiger partial charge in [-0.2, -0.15) is 0 Å². The summed E-state index contributed by atoms with van der Waals surface area (Å²) in [7, 11) is -2.98. The third kappa shape index (κ3) is 3.38. The Morgan fingerprint density at radius 2 is 2.24 bits per heavy atom. The van der Waals surface area contributed by atoms with Gasteiger partial charge in [-0.3, -0.25) is 10.3 Å². The second kappa shape index (κ2) is 4.66. The summed E-state index contributed by atoms with van der Waals surface area (Å²) in [6.07, 6.45) is 4.81. The van der Waals surface area contributed by atoms with Gasteiger partial charge in [0.25, 0.3) is 0 Å². The van der Waals surface area contributed by atoms with Crippen molar-refractivity contribution in [3.63, 3.8) is 0 Å². The van der Waals surface area contributed by atoms with Crippen molar-refractivity contribution in [2.45, 2.75) is 12.5 Å². The predicted molar refractivity (Wildman–Crippen MR) is 61.2 cm³/mol. The number of anilines is 1. The second-order valence-corrected chi connectivity index (χ2v) is 6.02. The Balaban J connectivity index is 1.87. The maximum Gasteiger partial charge on any atom is 0.320 e. The molecular weight excluding hydrogens is 244 g/mol. The quantitative estimate of drug-likeness (QED) is 0.762. The minimum Gasteiger partial charge on any atom is -0.334 e. The molecule has 1 fully saturated rings. The standard InChI is InChI=1S/C9H12N4O3S/c14-9(13-8-5-10-2-3-11-8)12-7-1-4-17(15,16)6-7/h2-3,5,7H,1,4,6H2,(H2,11,12,13,14). The molecule has 2 rings (SSSR count). The predicted octanol–water partition coefficient (Wildman–Crippen LogP) is -0.215. The van der Waals surface area contributed by atoms with Crippen molar-refractivity contribution in [2.75, 3.05) is 16.8 Å². The van der Waals surface area contributed by atoms with E-state index in [0.29, 0.717) is 12.2 Å². The van der Waals surface area contributed by atoms with E-state index in [9.17, 15) is 13.2 Å². The molecule has 1 aromatic heterocycles. The third-order valence-electron chi connectivity index (χ3n) is 2.37. The molecule has 1 aliphatic rings. The van der Waals surface area contributed by atoms with Crippen LogP contribution in [0.25, 0.3) is 0 Å². The Morgan fingerprint density at radius 3 is 2.82 bits per heavy atom. The van der Waals surface area contributed by atoms with Gasteiger partial charge in [-0.1, -0.05) is 0 Å². The minimum atomic E-state index is -2.98. The summed E-state index contributed by atoms with van der Waals surface area (Å²) in [6, 6.07) is -0.788. The van der Waals surface area contributed by atoms with E-state index in [1.807, 2.05) is 0 Å². The van der Waals surface area contributed by atoms with Crippen molar-refractivity contribution < 1.29 is 13.2 Å². The summed E-state index contributed by atoms with van der Waals surface area (Å²) in [5.74, 6) is 0.454. The van der Waals surface area contributed by atoms with Crippen molar-refractivity contribution in [2.24, 2.45) is 0 Å². The van der Waals surface area contributed by atoms with Gasteiger partial charge in [0, 0.05) is 18.4 Å². The van der Waals surface area contributed by atoms with E-state index in [2.05, 4.69) is 20.6 Å². The van der Waals surface area contributed by atoms with Crippen molar-refractivity contribution >= 4 is 21.7 Å². The number of urea groups is 1. The van der Waals surface area contributed by atoms with Crippen LogP contribution in [0.2, 0.25) is 0 Å². The van der Waals surface area contributed by atoms with Crippen LogP contribution < -0.4 is 10.6 Å². The third-order valence-corrected chi connectivity index (χ3v) is 4.14. The summed E-state index contributed by atoms with van der Waals surface area (Å²) >= 11 is 0. The molecule has 0 saturated carbocycles. The average Bonchev–Trinajstić information content (AvgIpc) is 2.59. The highest BCUT2D eigenvalue weighted by atomic mass is 32.2. The number of nitrogens with one attached hydrogen (secondary N) is 2. The van der Waals surface area contributed by atoms with E-state index in [4.69, 9.17) is 0 Å². The molecule has 8 heteroatoms. The molecule has 0 aliphatic carbocycles. The van der Waals surface area contributed by atoms with Gasteiger partial charge >= 0.3 is 6.03 Å². The van der Waals surface area contributed by atoms with Gasteiger partial charge in [0.2, 0.25) is 0 Å². The SMILES string of the molecule is O=C(Nc1cnccn1)NC1CCS(=O)(=O)C1. The highest BCUT2D eigenvalue weighted by Crippen LogP contribution is 2.11. The van der Waals surface area contributed by atoms with Gasteiger partial charge in [0.1, 0.15) is 0 Å². The first-order valence-electron chi connectivity index (χ1n) is 5.09. The number of aromatic nitrogens is 2. The number of amides is 2. The monoisotopic (exact) mass is 256 g/mol. The first kappa shape index (κ1) is 11.8. The minimum absolute atomic E-state index is 0.000881. The molecule has 0 spiro atoms. The van der Waals surface area contributed by atoms with E-state index in [0.717, 1.165) is 0 Å². The van der Waals surface area contributed by atoms with Crippen LogP contribution in [0.15, 0.2) is 18.6 Å². The largest absolute Gasteiger partial charge is 0.334 e. The van der Waals surface area contributed by atoms with E-state index < -0.39 is 15.9 Å². The molecule has 2 heterocycles. The summed E-state index contributed by atoms with van der Waals surface area (Å²) in [6.45, 7) is 0.